The Morgan fingerprint density at radius 3 is 2.81 bits per heavy atom. The van der Waals surface area contributed by atoms with Crippen molar-refractivity contribution in [3.8, 4) is 0 Å². The Morgan fingerprint density at radius 2 is 2.25 bits per heavy atom. The average molecular weight is 220 g/mol. The molecule has 88 valence electrons. The molecular weight excluding hydrogens is 200 g/mol. The van der Waals surface area contributed by atoms with Gasteiger partial charge in [-0.2, -0.15) is 0 Å². The first-order chi connectivity index (χ1) is 7.77. The van der Waals surface area contributed by atoms with Crippen molar-refractivity contribution in [3.63, 3.8) is 0 Å². The number of pyridine rings is 1. The van der Waals surface area contributed by atoms with E-state index in [-0.39, 0.29) is 11.8 Å². The van der Waals surface area contributed by atoms with E-state index in [2.05, 4.69) is 24.1 Å². The van der Waals surface area contributed by atoms with Crippen LogP contribution < -0.4 is 5.32 Å². The summed E-state index contributed by atoms with van der Waals surface area (Å²) in [6, 6.07) is 5.72. The molecule has 0 aliphatic heterocycles. The molecular formula is C13H20N2O. The molecule has 1 rings (SSSR count). The van der Waals surface area contributed by atoms with Crippen LogP contribution in [0.1, 0.15) is 38.8 Å². The molecule has 0 aromatic carbocycles. The van der Waals surface area contributed by atoms with Crippen LogP contribution in [0.15, 0.2) is 24.4 Å². The molecule has 1 aromatic rings. The molecule has 3 nitrogen and oxygen atoms in total. The quantitative estimate of drug-likeness (QED) is 0.800. The minimum absolute atomic E-state index is 0.147. The number of amides is 1. The van der Waals surface area contributed by atoms with Crippen LogP contribution in [0.3, 0.4) is 0 Å². The van der Waals surface area contributed by atoms with Gasteiger partial charge in [-0.25, -0.2) is 0 Å². The Bertz CT molecular complexity index is 311. The summed E-state index contributed by atoms with van der Waals surface area (Å²) in [4.78, 5) is 16.0. The SMILES string of the molecule is CCC[C@@H](CC)C(=O)NCc1ccccn1. The van der Waals surface area contributed by atoms with E-state index in [1.165, 1.54) is 0 Å². The van der Waals surface area contributed by atoms with Crippen LogP contribution in [0, 0.1) is 5.92 Å². The van der Waals surface area contributed by atoms with Gasteiger partial charge in [0.1, 0.15) is 0 Å². The molecule has 1 amide bonds. The second-order valence-corrected chi connectivity index (χ2v) is 3.93. The first-order valence-corrected chi connectivity index (χ1v) is 5.95. The van der Waals surface area contributed by atoms with E-state index >= 15 is 0 Å². The van der Waals surface area contributed by atoms with Gasteiger partial charge in [0.15, 0.2) is 0 Å². The number of hydrogen-bond donors (Lipinski definition) is 1. The number of rotatable bonds is 6. The van der Waals surface area contributed by atoms with Crippen LogP contribution in [0.25, 0.3) is 0 Å². The molecule has 0 fully saturated rings. The summed E-state index contributed by atoms with van der Waals surface area (Å²) in [7, 11) is 0. The van der Waals surface area contributed by atoms with Gasteiger partial charge in [-0.15, -0.1) is 0 Å². The fourth-order valence-electron chi connectivity index (χ4n) is 1.69. The van der Waals surface area contributed by atoms with Crippen molar-refractivity contribution in [2.45, 2.75) is 39.7 Å². The maximum atomic E-state index is 11.8. The summed E-state index contributed by atoms with van der Waals surface area (Å²) < 4.78 is 0. The maximum absolute atomic E-state index is 11.8. The monoisotopic (exact) mass is 220 g/mol. The average Bonchev–Trinajstić information content (AvgIpc) is 2.34. The molecule has 0 saturated heterocycles. The lowest BCUT2D eigenvalue weighted by Crippen LogP contribution is -2.30. The van der Waals surface area contributed by atoms with Gasteiger partial charge >= 0.3 is 0 Å². The van der Waals surface area contributed by atoms with Crippen LogP contribution >= 0.6 is 0 Å². The number of hydrogen-bond acceptors (Lipinski definition) is 2. The highest BCUT2D eigenvalue weighted by atomic mass is 16.1. The Morgan fingerprint density at radius 1 is 1.44 bits per heavy atom. The van der Waals surface area contributed by atoms with E-state index in [4.69, 9.17) is 0 Å². The largest absolute Gasteiger partial charge is 0.350 e. The molecule has 1 N–H and O–H groups in total. The Balaban J connectivity index is 2.40. The summed E-state index contributed by atoms with van der Waals surface area (Å²) in [6.45, 7) is 4.69. The molecule has 0 radical (unpaired) electrons. The van der Waals surface area contributed by atoms with Gasteiger partial charge in [-0.1, -0.05) is 26.3 Å². The number of carbonyl (C=O) groups is 1. The van der Waals surface area contributed by atoms with Crippen molar-refractivity contribution < 1.29 is 4.79 Å². The number of aromatic nitrogens is 1. The normalized spacial score (nSPS) is 12.1. The van der Waals surface area contributed by atoms with Gasteiger partial charge in [0.2, 0.25) is 5.91 Å². The lowest BCUT2D eigenvalue weighted by molar-refractivity contribution is -0.125. The fraction of sp³-hybridized carbons (Fsp3) is 0.538. The molecule has 0 aliphatic carbocycles. The van der Waals surface area contributed by atoms with Gasteiger partial charge in [-0.3, -0.25) is 9.78 Å². The van der Waals surface area contributed by atoms with E-state index in [9.17, 15) is 4.79 Å². The number of nitrogens with zero attached hydrogens (tertiary/aromatic N) is 1. The first kappa shape index (κ1) is 12.7. The van der Waals surface area contributed by atoms with Gasteiger partial charge in [0.25, 0.3) is 0 Å². The Kier molecular flexibility index (Phi) is 5.54. The molecule has 0 unspecified atom stereocenters. The highest BCUT2D eigenvalue weighted by Crippen LogP contribution is 2.10. The van der Waals surface area contributed by atoms with Gasteiger partial charge < -0.3 is 5.32 Å². The molecule has 0 saturated carbocycles. The highest BCUT2D eigenvalue weighted by Gasteiger charge is 2.14. The maximum Gasteiger partial charge on any atom is 0.223 e. The van der Waals surface area contributed by atoms with Crippen molar-refractivity contribution >= 4 is 5.91 Å². The zero-order chi connectivity index (χ0) is 11.8. The van der Waals surface area contributed by atoms with Crippen LogP contribution in [0.5, 0.6) is 0 Å². The molecule has 0 aliphatic rings. The van der Waals surface area contributed by atoms with E-state index in [1.807, 2.05) is 18.2 Å². The minimum Gasteiger partial charge on any atom is -0.350 e. The molecule has 3 heteroatoms. The van der Waals surface area contributed by atoms with Gasteiger partial charge in [0, 0.05) is 12.1 Å². The van der Waals surface area contributed by atoms with Crippen LogP contribution in [0.2, 0.25) is 0 Å². The smallest absolute Gasteiger partial charge is 0.223 e. The first-order valence-electron chi connectivity index (χ1n) is 5.95. The Hall–Kier alpha value is -1.38. The summed E-state index contributed by atoms with van der Waals surface area (Å²) in [5.41, 5.74) is 0.905. The highest BCUT2D eigenvalue weighted by molar-refractivity contribution is 5.78. The third-order valence-electron chi connectivity index (χ3n) is 2.67. The van der Waals surface area contributed by atoms with Crippen molar-refractivity contribution in [2.24, 2.45) is 5.92 Å². The molecule has 0 spiro atoms. The molecule has 1 aromatic heterocycles. The van der Waals surface area contributed by atoms with E-state index in [0.717, 1.165) is 25.0 Å². The summed E-state index contributed by atoms with van der Waals surface area (Å²) in [5, 5.41) is 2.93. The van der Waals surface area contributed by atoms with Gasteiger partial charge in [-0.05, 0) is 25.0 Å². The third kappa shape index (κ3) is 4.01. The summed E-state index contributed by atoms with van der Waals surface area (Å²) in [5.74, 6) is 0.295. The van der Waals surface area contributed by atoms with Crippen LogP contribution in [-0.4, -0.2) is 10.9 Å². The van der Waals surface area contributed by atoms with E-state index in [1.54, 1.807) is 6.20 Å². The lowest BCUT2D eigenvalue weighted by atomic mass is 10.00. The van der Waals surface area contributed by atoms with Crippen LogP contribution in [-0.2, 0) is 11.3 Å². The zero-order valence-electron chi connectivity index (χ0n) is 10.1. The van der Waals surface area contributed by atoms with Crippen molar-refractivity contribution in [1.82, 2.24) is 10.3 Å². The second kappa shape index (κ2) is 6.99. The van der Waals surface area contributed by atoms with E-state index < -0.39 is 0 Å². The predicted molar refractivity (Wildman–Crippen MR) is 64.8 cm³/mol. The molecule has 1 heterocycles. The molecule has 1 atom stereocenters. The fourth-order valence-corrected chi connectivity index (χ4v) is 1.69. The predicted octanol–water partition coefficient (Wildman–Crippen LogP) is 2.52. The lowest BCUT2D eigenvalue weighted by Gasteiger charge is -2.13. The molecule has 0 bridgehead atoms. The zero-order valence-corrected chi connectivity index (χ0v) is 10.1. The van der Waals surface area contributed by atoms with Crippen molar-refractivity contribution in [2.75, 3.05) is 0 Å². The number of nitrogens with one attached hydrogen (secondary N) is 1. The summed E-state index contributed by atoms with van der Waals surface area (Å²) >= 11 is 0. The van der Waals surface area contributed by atoms with Gasteiger partial charge in [0.05, 0.1) is 12.2 Å². The second-order valence-electron chi connectivity index (χ2n) is 3.93. The topological polar surface area (TPSA) is 42.0 Å². The number of carbonyl (C=O) groups excluding carboxylic acids is 1. The minimum atomic E-state index is 0.147. The summed E-state index contributed by atoms with van der Waals surface area (Å²) in [6.07, 6.45) is 4.66. The standard InChI is InChI=1S/C13H20N2O/c1-3-7-11(4-2)13(16)15-10-12-8-5-6-9-14-12/h5-6,8-9,11H,3-4,7,10H2,1-2H3,(H,15,16)/t11-/m1/s1. The third-order valence-corrected chi connectivity index (χ3v) is 2.67. The molecule has 16 heavy (non-hydrogen) atoms. The van der Waals surface area contributed by atoms with Crippen molar-refractivity contribution in [3.05, 3.63) is 30.1 Å². The van der Waals surface area contributed by atoms with E-state index in [0.29, 0.717) is 6.54 Å². The van der Waals surface area contributed by atoms with Crippen molar-refractivity contribution in [1.29, 1.82) is 0 Å². The van der Waals surface area contributed by atoms with Crippen LogP contribution in [0.4, 0.5) is 0 Å². The Labute approximate surface area is 97.3 Å².